The first-order valence-corrected chi connectivity index (χ1v) is 13.7. The maximum absolute atomic E-state index is 14.3. The minimum absolute atomic E-state index is 0.00635. The number of aromatic nitrogens is 3. The van der Waals surface area contributed by atoms with Gasteiger partial charge in [-0.25, -0.2) is 22.2 Å². The average molecular weight is 529 g/mol. The molecule has 12 heteroatoms. The first-order valence-electron chi connectivity index (χ1n) is 12.2. The minimum atomic E-state index is -3.84. The van der Waals surface area contributed by atoms with Gasteiger partial charge in [0.15, 0.2) is 0 Å². The fraction of sp³-hybridized carbons (Fsp3) is 0.400. The summed E-state index contributed by atoms with van der Waals surface area (Å²) in [5, 5.41) is 8.38. The van der Waals surface area contributed by atoms with Crippen LogP contribution in [0.1, 0.15) is 36.0 Å². The highest BCUT2D eigenvalue weighted by Gasteiger charge is 2.30. The van der Waals surface area contributed by atoms with E-state index in [2.05, 4.69) is 15.0 Å². The molecule has 2 fully saturated rings. The van der Waals surface area contributed by atoms with E-state index in [9.17, 15) is 17.6 Å². The van der Waals surface area contributed by atoms with Gasteiger partial charge in [0.1, 0.15) is 22.0 Å². The molecule has 5 rings (SSSR count). The number of fused-ring (bicyclic) bond motifs is 1. The van der Waals surface area contributed by atoms with Crippen LogP contribution in [0.5, 0.6) is 5.75 Å². The van der Waals surface area contributed by atoms with E-state index in [4.69, 9.17) is 10.5 Å². The molecule has 1 saturated heterocycles. The third-order valence-corrected chi connectivity index (χ3v) is 8.11. The number of benzene rings is 2. The third kappa shape index (κ3) is 5.22. The van der Waals surface area contributed by atoms with Crippen molar-refractivity contribution in [2.75, 3.05) is 26.7 Å². The number of carbonyl (C=O) groups excluding carboxylic acids is 1. The Labute approximate surface area is 214 Å². The van der Waals surface area contributed by atoms with Gasteiger partial charge in [0.05, 0.1) is 19.2 Å². The fourth-order valence-corrected chi connectivity index (χ4v) is 6.00. The molecule has 3 N–H and O–H groups in total. The van der Waals surface area contributed by atoms with Crippen molar-refractivity contribution in [1.82, 2.24) is 24.6 Å². The highest BCUT2D eigenvalue weighted by Crippen LogP contribution is 2.35. The number of methoxy groups -OCH3 is 1. The van der Waals surface area contributed by atoms with E-state index in [-0.39, 0.29) is 35.7 Å². The monoisotopic (exact) mass is 528 g/mol. The molecule has 2 aromatic carbocycles. The highest BCUT2D eigenvalue weighted by atomic mass is 32.2. The van der Waals surface area contributed by atoms with Crippen molar-refractivity contribution in [1.29, 1.82) is 0 Å². The molecule has 10 nitrogen and oxygen atoms in total. The van der Waals surface area contributed by atoms with E-state index < -0.39 is 15.9 Å². The molecule has 0 unspecified atom stereocenters. The normalized spacial score (nSPS) is 16.5. The molecule has 196 valence electrons. The van der Waals surface area contributed by atoms with Gasteiger partial charge in [0, 0.05) is 36.8 Å². The van der Waals surface area contributed by atoms with E-state index in [0.717, 1.165) is 25.7 Å². The maximum atomic E-state index is 14.3. The largest absolute Gasteiger partial charge is 0.495 e. The summed E-state index contributed by atoms with van der Waals surface area (Å²) in [6.07, 6.45) is 4.70. The lowest BCUT2D eigenvalue weighted by molar-refractivity contribution is 0.0793. The summed E-state index contributed by atoms with van der Waals surface area (Å²) < 4.78 is 49.9. The van der Waals surface area contributed by atoms with Crippen LogP contribution in [0.15, 0.2) is 47.1 Å². The van der Waals surface area contributed by atoms with Gasteiger partial charge in [-0.1, -0.05) is 11.3 Å². The average Bonchev–Trinajstić information content (AvgIpc) is 3.35. The number of carbonyl (C=O) groups is 1. The molecule has 0 radical (unpaired) electrons. The first kappa shape index (κ1) is 25.3. The van der Waals surface area contributed by atoms with Crippen molar-refractivity contribution < 1.29 is 22.3 Å². The summed E-state index contributed by atoms with van der Waals surface area (Å²) in [6, 6.07) is 8.07. The van der Waals surface area contributed by atoms with Crippen molar-refractivity contribution >= 4 is 27.0 Å². The number of sulfonamides is 1. The van der Waals surface area contributed by atoms with Crippen molar-refractivity contribution in [3.05, 3.63) is 47.8 Å². The Morgan fingerprint density at radius 1 is 1.24 bits per heavy atom. The van der Waals surface area contributed by atoms with Gasteiger partial charge in [-0.05, 0) is 61.6 Å². The van der Waals surface area contributed by atoms with E-state index in [1.54, 1.807) is 29.2 Å². The number of likely N-dealkylation sites (tertiary alicyclic amines) is 1. The van der Waals surface area contributed by atoms with Gasteiger partial charge in [-0.2, -0.15) is 0 Å². The van der Waals surface area contributed by atoms with Gasteiger partial charge in [0.25, 0.3) is 5.91 Å². The molecular weight excluding hydrogens is 499 g/mol. The first-order chi connectivity index (χ1) is 17.8. The van der Waals surface area contributed by atoms with Crippen molar-refractivity contribution in [2.24, 2.45) is 5.73 Å². The predicted octanol–water partition coefficient (Wildman–Crippen LogP) is 2.60. The molecule has 3 aromatic rings. The van der Waals surface area contributed by atoms with Crippen molar-refractivity contribution in [2.45, 2.75) is 43.2 Å². The number of nitrogens with one attached hydrogen (secondary N) is 1. The minimum Gasteiger partial charge on any atom is -0.495 e. The topological polar surface area (TPSA) is 132 Å². The molecule has 1 saturated carbocycles. The van der Waals surface area contributed by atoms with Gasteiger partial charge >= 0.3 is 0 Å². The third-order valence-electron chi connectivity index (χ3n) is 6.56. The second-order valence-corrected chi connectivity index (χ2v) is 11.0. The smallest absolute Gasteiger partial charge is 0.253 e. The lowest BCUT2D eigenvalue weighted by Gasteiger charge is -2.17. The SMILES string of the molecule is COc1ccc(-c2cc(C(=O)N3CCCC3)cc3c2nnn3C/C(F)=C/CN)cc1S(=O)(=O)NC1CC1. The lowest BCUT2D eigenvalue weighted by Crippen LogP contribution is -2.27. The second-order valence-electron chi connectivity index (χ2n) is 9.29. The summed E-state index contributed by atoms with van der Waals surface area (Å²) in [5.74, 6) is -0.422. The number of allylic oxidation sites excluding steroid dienone is 1. The Hall–Kier alpha value is -3.35. The Morgan fingerprint density at radius 2 is 2.00 bits per heavy atom. The summed E-state index contributed by atoms with van der Waals surface area (Å²) in [6.45, 7) is 1.17. The van der Waals surface area contributed by atoms with Gasteiger partial charge in [-0.15, -0.1) is 5.10 Å². The standard InChI is InChI=1S/C25H29FN6O4S/c1-36-22-7-4-16(14-23(22)37(34,35)29-19-5-6-19)20-12-17(25(33)31-10-2-3-11-31)13-21-24(20)28-30-32(21)15-18(26)8-9-27/h4,7-8,12-14,19,29H,2-3,5-6,9-11,15,27H2,1H3/b18-8-. The van der Waals surface area contributed by atoms with Crippen LogP contribution in [0.3, 0.4) is 0 Å². The fourth-order valence-electron chi connectivity index (χ4n) is 4.50. The quantitative estimate of drug-likeness (QED) is 0.436. The molecule has 1 aliphatic heterocycles. The van der Waals surface area contributed by atoms with E-state index in [0.29, 0.717) is 40.8 Å². The zero-order chi connectivity index (χ0) is 26.2. The molecule has 1 aliphatic carbocycles. The van der Waals surface area contributed by atoms with E-state index >= 15 is 0 Å². The number of nitrogens with two attached hydrogens (primary N) is 1. The van der Waals surface area contributed by atoms with Crippen LogP contribution in [0.2, 0.25) is 0 Å². The number of amides is 1. The van der Waals surface area contributed by atoms with Gasteiger partial charge in [0.2, 0.25) is 10.0 Å². The number of halogens is 1. The van der Waals surface area contributed by atoms with Gasteiger partial charge in [-0.3, -0.25) is 4.79 Å². The Bertz CT molecular complexity index is 1480. The molecule has 0 spiro atoms. The maximum Gasteiger partial charge on any atom is 0.253 e. The Morgan fingerprint density at radius 3 is 2.68 bits per heavy atom. The molecule has 0 atom stereocenters. The van der Waals surface area contributed by atoms with Gasteiger partial charge < -0.3 is 15.4 Å². The summed E-state index contributed by atoms with van der Waals surface area (Å²) in [5.41, 5.74) is 7.74. The zero-order valence-electron chi connectivity index (χ0n) is 20.5. The molecule has 1 aromatic heterocycles. The van der Waals surface area contributed by atoms with Crippen LogP contribution in [-0.2, 0) is 16.6 Å². The van der Waals surface area contributed by atoms with Crippen LogP contribution >= 0.6 is 0 Å². The second kappa shape index (κ2) is 10.2. The zero-order valence-corrected chi connectivity index (χ0v) is 21.3. The molecular formula is C25H29FN6O4S. The molecule has 2 aliphatic rings. The molecule has 37 heavy (non-hydrogen) atoms. The number of rotatable bonds is 9. The number of nitrogens with zero attached hydrogens (tertiary/aromatic N) is 4. The van der Waals surface area contributed by atoms with Crippen LogP contribution in [-0.4, -0.2) is 67.0 Å². The van der Waals surface area contributed by atoms with Crippen LogP contribution < -0.4 is 15.2 Å². The van der Waals surface area contributed by atoms with Crippen LogP contribution in [0, 0.1) is 0 Å². The van der Waals surface area contributed by atoms with Crippen molar-refractivity contribution in [3.63, 3.8) is 0 Å². The Balaban J connectivity index is 1.66. The summed E-state index contributed by atoms with van der Waals surface area (Å²) >= 11 is 0. The number of ether oxygens (including phenoxy) is 1. The molecule has 0 bridgehead atoms. The Kier molecular flexibility index (Phi) is 6.97. The van der Waals surface area contributed by atoms with Crippen molar-refractivity contribution in [3.8, 4) is 16.9 Å². The highest BCUT2D eigenvalue weighted by molar-refractivity contribution is 7.89. The van der Waals surface area contributed by atoms with Crippen LogP contribution in [0.25, 0.3) is 22.2 Å². The molecule has 2 heterocycles. The molecule has 1 amide bonds. The number of hydrogen-bond donors (Lipinski definition) is 2. The lowest BCUT2D eigenvalue weighted by atomic mass is 10.00. The van der Waals surface area contributed by atoms with E-state index in [1.807, 2.05) is 0 Å². The van der Waals surface area contributed by atoms with Crippen LogP contribution in [0.4, 0.5) is 4.39 Å². The predicted molar refractivity (Wildman–Crippen MR) is 136 cm³/mol. The van der Waals surface area contributed by atoms with E-state index in [1.165, 1.54) is 23.9 Å². The summed E-state index contributed by atoms with van der Waals surface area (Å²) in [7, 11) is -2.43. The summed E-state index contributed by atoms with van der Waals surface area (Å²) in [4.78, 5) is 15.1. The number of hydrogen-bond acceptors (Lipinski definition) is 7.